The van der Waals surface area contributed by atoms with Gasteiger partial charge in [-0.1, -0.05) is 71.7 Å². The molecule has 0 atom stereocenters. The minimum atomic E-state index is -2.61. The molecule has 0 heterocycles. The minimum Gasteiger partial charge on any atom is -0.216 e. The summed E-state index contributed by atoms with van der Waals surface area (Å²) >= 11 is 11.5. The van der Waals surface area contributed by atoms with E-state index in [4.69, 9.17) is 23.2 Å². The third-order valence-corrected chi connectivity index (χ3v) is 3.85. The summed E-state index contributed by atoms with van der Waals surface area (Å²) in [6, 6.07) is 15.3. The Labute approximate surface area is 142 Å². The summed E-state index contributed by atoms with van der Waals surface area (Å²) < 4.78 is 22.8. The van der Waals surface area contributed by atoms with Gasteiger partial charge in [0.1, 0.15) is 0 Å². The number of halogens is 2. The summed E-state index contributed by atoms with van der Waals surface area (Å²) in [4.78, 5) is 0. The molecule has 0 radical (unpaired) electrons. The summed E-state index contributed by atoms with van der Waals surface area (Å²) in [5.41, 5.74) is 2.71. The van der Waals surface area contributed by atoms with Crippen LogP contribution in [0.15, 0.2) is 55.1 Å². The molecule has 3 nitrogen and oxygen atoms in total. The van der Waals surface area contributed by atoms with Crippen molar-refractivity contribution >= 4 is 39.7 Å². The van der Waals surface area contributed by atoms with E-state index in [1.54, 1.807) is 18.2 Å². The summed E-state index contributed by atoms with van der Waals surface area (Å²) in [5.74, 6) is 0. The normalized spacial score (nSPS) is 10.0. The molecule has 0 aliphatic rings. The van der Waals surface area contributed by atoms with Crippen molar-refractivity contribution in [2.24, 2.45) is 0 Å². The van der Waals surface area contributed by atoms with Crippen LogP contribution in [0, 0.1) is 6.92 Å². The quantitative estimate of drug-likeness (QED) is 0.808. The van der Waals surface area contributed by atoms with Crippen LogP contribution >= 0.6 is 23.2 Å². The van der Waals surface area contributed by atoms with E-state index in [0.29, 0.717) is 15.6 Å². The third-order valence-electron chi connectivity index (χ3n) is 2.69. The van der Waals surface area contributed by atoms with E-state index in [9.17, 15) is 8.42 Å². The van der Waals surface area contributed by atoms with Crippen molar-refractivity contribution in [1.82, 2.24) is 4.72 Å². The Hall–Kier alpha value is -1.33. The molecular weight excluding hydrogens is 341 g/mol. The summed E-state index contributed by atoms with van der Waals surface area (Å²) in [6.07, 6.45) is 0. The van der Waals surface area contributed by atoms with E-state index in [-0.39, 0.29) is 6.54 Å². The fourth-order valence-corrected chi connectivity index (χ4v) is 2.13. The van der Waals surface area contributed by atoms with Gasteiger partial charge in [-0.2, -0.15) is 0 Å². The fraction of sp³-hybridized carbons (Fsp3) is 0.125. The van der Waals surface area contributed by atoms with Crippen molar-refractivity contribution in [3.05, 3.63) is 76.3 Å². The Bertz CT molecular complexity index is 693. The first-order valence-electron chi connectivity index (χ1n) is 6.43. The number of aryl methyl sites for hydroxylation is 1. The SMILES string of the molecule is C=C(CN[SH](=O)=O)c1ccc(Cl)c(Cl)c1.Cc1ccccc1. The average molecular weight is 358 g/mol. The van der Waals surface area contributed by atoms with E-state index < -0.39 is 10.9 Å². The maximum absolute atomic E-state index is 10.3. The Morgan fingerprint density at radius 3 is 2.18 bits per heavy atom. The number of nitrogens with one attached hydrogen (secondary N) is 1. The standard InChI is InChI=1S/C9H9Cl2NO2S.C7H8/c1-6(5-12-15(13)14)7-2-3-8(10)9(11)4-7;1-7-5-3-2-4-6-7/h2-4,15H,1,5H2,(H,12,13,14);2-6H,1H3. The number of hydrogen-bond donors (Lipinski definition) is 2. The van der Waals surface area contributed by atoms with Crippen molar-refractivity contribution in [3.8, 4) is 0 Å². The van der Waals surface area contributed by atoms with Crippen molar-refractivity contribution < 1.29 is 8.42 Å². The molecule has 0 saturated carbocycles. The number of hydrogen-bond acceptors (Lipinski definition) is 2. The average Bonchev–Trinajstić information content (AvgIpc) is 2.49. The molecule has 0 bridgehead atoms. The smallest absolute Gasteiger partial charge is 0.201 e. The molecule has 0 aromatic heterocycles. The molecule has 0 aliphatic carbocycles. The van der Waals surface area contributed by atoms with Crippen LogP contribution < -0.4 is 4.72 Å². The van der Waals surface area contributed by atoms with Gasteiger partial charge >= 0.3 is 0 Å². The molecule has 2 rings (SSSR count). The highest BCUT2D eigenvalue weighted by Gasteiger charge is 2.02. The van der Waals surface area contributed by atoms with Gasteiger partial charge in [0.25, 0.3) is 0 Å². The van der Waals surface area contributed by atoms with E-state index in [2.05, 4.69) is 30.4 Å². The molecule has 22 heavy (non-hydrogen) atoms. The van der Waals surface area contributed by atoms with Crippen molar-refractivity contribution in [3.63, 3.8) is 0 Å². The zero-order valence-electron chi connectivity index (χ0n) is 12.1. The first-order valence-corrected chi connectivity index (χ1v) is 8.36. The van der Waals surface area contributed by atoms with Gasteiger partial charge in [0, 0.05) is 6.54 Å². The van der Waals surface area contributed by atoms with Crippen LogP contribution in [0.5, 0.6) is 0 Å². The number of rotatable bonds is 4. The molecule has 1 N–H and O–H groups in total. The van der Waals surface area contributed by atoms with Crippen LogP contribution in [0.3, 0.4) is 0 Å². The highest BCUT2D eigenvalue weighted by atomic mass is 35.5. The second-order valence-corrected chi connectivity index (χ2v) is 6.12. The predicted octanol–water partition coefficient (Wildman–Crippen LogP) is 4.12. The van der Waals surface area contributed by atoms with Gasteiger partial charge in [0.2, 0.25) is 10.9 Å². The maximum atomic E-state index is 10.3. The van der Waals surface area contributed by atoms with Gasteiger partial charge in [-0.3, -0.25) is 0 Å². The Balaban J connectivity index is 0.000000287. The van der Waals surface area contributed by atoms with Gasteiger partial charge in [-0.15, -0.1) is 0 Å². The number of thiol groups is 1. The lowest BCUT2D eigenvalue weighted by Crippen LogP contribution is -2.13. The van der Waals surface area contributed by atoms with Crippen molar-refractivity contribution in [2.45, 2.75) is 6.92 Å². The van der Waals surface area contributed by atoms with Gasteiger partial charge < -0.3 is 0 Å². The molecule has 0 spiro atoms. The fourth-order valence-electron chi connectivity index (χ4n) is 1.51. The first kappa shape index (κ1) is 18.7. The van der Waals surface area contributed by atoms with Crippen LogP contribution in [0.25, 0.3) is 5.57 Å². The topological polar surface area (TPSA) is 46.2 Å². The van der Waals surface area contributed by atoms with E-state index in [1.165, 1.54) is 5.56 Å². The maximum Gasteiger partial charge on any atom is 0.201 e. The predicted molar refractivity (Wildman–Crippen MR) is 95.0 cm³/mol. The van der Waals surface area contributed by atoms with Crippen molar-refractivity contribution in [2.75, 3.05) is 6.54 Å². The van der Waals surface area contributed by atoms with Gasteiger partial charge in [0.15, 0.2) is 0 Å². The molecule has 118 valence electrons. The lowest BCUT2D eigenvalue weighted by atomic mass is 10.1. The summed E-state index contributed by atoms with van der Waals surface area (Å²) in [6.45, 7) is 5.98. The van der Waals surface area contributed by atoms with Gasteiger partial charge in [-0.05, 0) is 30.2 Å². The monoisotopic (exact) mass is 357 g/mol. The van der Waals surface area contributed by atoms with E-state index in [1.807, 2.05) is 18.2 Å². The molecule has 2 aromatic carbocycles. The van der Waals surface area contributed by atoms with Gasteiger partial charge in [-0.25, -0.2) is 13.1 Å². The molecular formula is C16H17Cl2NO2S. The molecule has 0 aliphatic heterocycles. The lowest BCUT2D eigenvalue weighted by Gasteiger charge is -2.05. The Morgan fingerprint density at radius 1 is 1.09 bits per heavy atom. The van der Waals surface area contributed by atoms with Crippen LogP contribution in [0.2, 0.25) is 10.0 Å². The van der Waals surface area contributed by atoms with Gasteiger partial charge in [0.05, 0.1) is 10.0 Å². The van der Waals surface area contributed by atoms with E-state index >= 15 is 0 Å². The van der Waals surface area contributed by atoms with E-state index in [0.717, 1.165) is 5.56 Å². The summed E-state index contributed by atoms with van der Waals surface area (Å²) in [7, 11) is -2.61. The van der Waals surface area contributed by atoms with Crippen LogP contribution in [-0.2, 0) is 10.9 Å². The Kier molecular flexibility index (Phi) is 8.20. The minimum absolute atomic E-state index is 0.163. The second kappa shape index (κ2) is 9.64. The molecule has 0 unspecified atom stereocenters. The zero-order chi connectivity index (χ0) is 16.5. The first-order chi connectivity index (χ1) is 10.4. The van der Waals surface area contributed by atoms with Crippen LogP contribution in [-0.4, -0.2) is 15.0 Å². The Morgan fingerprint density at radius 2 is 1.73 bits per heavy atom. The summed E-state index contributed by atoms with van der Waals surface area (Å²) in [5, 5.41) is 0.873. The molecule has 0 amide bonds. The largest absolute Gasteiger partial charge is 0.216 e. The van der Waals surface area contributed by atoms with Crippen LogP contribution in [0.1, 0.15) is 11.1 Å². The van der Waals surface area contributed by atoms with Crippen molar-refractivity contribution in [1.29, 1.82) is 0 Å². The molecule has 6 heteroatoms. The molecule has 0 saturated heterocycles. The second-order valence-electron chi connectivity index (χ2n) is 4.48. The third kappa shape index (κ3) is 7.09. The lowest BCUT2D eigenvalue weighted by molar-refractivity contribution is 0.606. The van der Waals surface area contributed by atoms with Crippen LogP contribution in [0.4, 0.5) is 0 Å². The highest BCUT2D eigenvalue weighted by molar-refractivity contribution is 7.70. The number of benzene rings is 2. The highest BCUT2D eigenvalue weighted by Crippen LogP contribution is 2.25. The molecule has 0 fully saturated rings. The zero-order valence-corrected chi connectivity index (χ0v) is 14.5. The molecule has 2 aromatic rings.